The van der Waals surface area contributed by atoms with E-state index in [4.69, 9.17) is 5.26 Å². The Hall–Kier alpha value is -1.04. The topological polar surface area (TPSA) is 52.9 Å². The van der Waals surface area contributed by atoms with Crippen LogP contribution in [0.15, 0.2) is 0 Å². The van der Waals surface area contributed by atoms with Crippen LogP contribution in [0.2, 0.25) is 0 Å². The maximum absolute atomic E-state index is 10.3. The van der Waals surface area contributed by atoms with Gasteiger partial charge in [-0.05, 0) is 13.3 Å². The Morgan fingerprint density at radius 2 is 2.40 bits per heavy atom. The van der Waals surface area contributed by atoms with Crippen molar-refractivity contribution in [3.8, 4) is 6.07 Å². The SMILES string of the molecule is CC(=O)NCCC(C)C#N. The Labute approximate surface area is 61.0 Å². The highest BCUT2D eigenvalue weighted by atomic mass is 16.1. The monoisotopic (exact) mass is 140 g/mol. The van der Waals surface area contributed by atoms with Crippen molar-refractivity contribution in [2.45, 2.75) is 20.3 Å². The van der Waals surface area contributed by atoms with Crippen molar-refractivity contribution in [3.05, 3.63) is 0 Å². The van der Waals surface area contributed by atoms with Gasteiger partial charge in [0.15, 0.2) is 0 Å². The number of hydrogen-bond donors (Lipinski definition) is 1. The Kier molecular flexibility index (Phi) is 4.30. The van der Waals surface area contributed by atoms with Gasteiger partial charge in [-0.25, -0.2) is 0 Å². The summed E-state index contributed by atoms with van der Waals surface area (Å²) in [5.41, 5.74) is 0. The van der Waals surface area contributed by atoms with E-state index in [2.05, 4.69) is 11.4 Å². The van der Waals surface area contributed by atoms with Gasteiger partial charge < -0.3 is 5.32 Å². The molecule has 0 bridgehead atoms. The number of rotatable bonds is 3. The van der Waals surface area contributed by atoms with Crippen LogP contribution in [0.5, 0.6) is 0 Å². The maximum atomic E-state index is 10.3. The number of nitrogens with one attached hydrogen (secondary N) is 1. The van der Waals surface area contributed by atoms with E-state index in [1.807, 2.05) is 6.92 Å². The third-order valence-corrected chi connectivity index (χ3v) is 1.17. The van der Waals surface area contributed by atoms with Gasteiger partial charge in [-0.2, -0.15) is 5.26 Å². The summed E-state index contributed by atoms with van der Waals surface area (Å²) < 4.78 is 0. The number of hydrogen-bond acceptors (Lipinski definition) is 2. The van der Waals surface area contributed by atoms with E-state index in [0.717, 1.165) is 6.42 Å². The molecule has 3 heteroatoms. The van der Waals surface area contributed by atoms with Crippen LogP contribution < -0.4 is 5.32 Å². The molecule has 0 radical (unpaired) electrons. The van der Waals surface area contributed by atoms with Crippen molar-refractivity contribution in [3.63, 3.8) is 0 Å². The Morgan fingerprint density at radius 3 is 2.80 bits per heavy atom. The van der Waals surface area contributed by atoms with Gasteiger partial charge in [-0.1, -0.05) is 0 Å². The number of carbonyl (C=O) groups excluding carboxylic acids is 1. The quantitative estimate of drug-likeness (QED) is 0.626. The van der Waals surface area contributed by atoms with E-state index in [0.29, 0.717) is 6.54 Å². The fourth-order valence-corrected chi connectivity index (χ4v) is 0.529. The van der Waals surface area contributed by atoms with Crippen LogP contribution in [0, 0.1) is 17.2 Å². The molecule has 0 aliphatic rings. The lowest BCUT2D eigenvalue weighted by atomic mass is 10.1. The molecule has 0 aromatic heterocycles. The molecule has 0 spiro atoms. The predicted molar refractivity (Wildman–Crippen MR) is 38.1 cm³/mol. The van der Waals surface area contributed by atoms with Crippen LogP contribution in [0.3, 0.4) is 0 Å². The molecule has 1 atom stereocenters. The Balaban J connectivity index is 3.22. The summed E-state index contributed by atoms with van der Waals surface area (Å²) >= 11 is 0. The van der Waals surface area contributed by atoms with Gasteiger partial charge in [0.2, 0.25) is 5.91 Å². The first-order valence-corrected chi connectivity index (χ1v) is 3.31. The summed E-state index contributed by atoms with van der Waals surface area (Å²) in [5.74, 6) is -0.00279. The molecule has 0 aromatic rings. The van der Waals surface area contributed by atoms with Gasteiger partial charge in [0.25, 0.3) is 0 Å². The first kappa shape index (κ1) is 8.96. The molecule has 0 aliphatic heterocycles. The lowest BCUT2D eigenvalue weighted by Crippen LogP contribution is -2.22. The zero-order valence-electron chi connectivity index (χ0n) is 6.35. The van der Waals surface area contributed by atoms with Gasteiger partial charge in [0.1, 0.15) is 0 Å². The summed E-state index contributed by atoms with van der Waals surface area (Å²) in [6.07, 6.45) is 0.732. The normalized spacial score (nSPS) is 11.7. The minimum absolute atomic E-state index is 0.0341. The summed E-state index contributed by atoms with van der Waals surface area (Å²) in [5, 5.41) is 11.0. The molecule has 3 nitrogen and oxygen atoms in total. The summed E-state index contributed by atoms with van der Waals surface area (Å²) in [6.45, 7) is 3.91. The van der Waals surface area contributed by atoms with Crippen molar-refractivity contribution in [1.29, 1.82) is 5.26 Å². The lowest BCUT2D eigenvalue weighted by Gasteiger charge is -2.01. The molecule has 0 aliphatic carbocycles. The number of nitrogens with zero attached hydrogens (tertiary/aromatic N) is 1. The zero-order valence-corrected chi connectivity index (χ0v) is 6.35. The molecule has 0 aromatic carbocycles. The molecule has 1 amide bonds. The maximum Gasteiger partial charge on any atom is 0.216 e. The van der Waals surface area contributed by atoms with E-state index in [-0.39, 0.29) is 11.8 Å². The van der Waals surface area contributed by atoms with E-state index in [1.165, 1.54) is 6.92 Å². The van der Waals surface area contributed by atoms with E-state index in [1.54, 1.807) is 0 Å². The molecular formula is C7H12N2O. The molecule has 56 valence electrons. The molecule has 0 fully saturated rings. The number of nitriles is 1. The molecule has 1 N–H and O–H groups in total. The van der Waals surface area contributed by atoms with Crippen molar-refractivity contribution in [2.24, 2.45) is 5.92 Å². The van der Waals surface area contributed by atoms with Gasteiger partial charge in [0.05, 0.1) is 6.07 Å². The third-order valence-electron chi connectivity index (χ3n) is 1.17. The van der Waals surface area contributed by atoms with E-state index >= 15 is 0 Å². The molecular weight excluding hydrogens is 128 g/mol. The molecule has 0 rings (SSSR count). The molecule has 0 saturated carbocycles. The molecule has 1 unspecified atom stereocenters. The van der Waals surface area contributed by atoms with E-state index in [9.17, 15) is 4.79 Å². The minimum Gasteiger partial charge on any atom is -0.356 e. The molecule has 10 heavy (non-hydrogen) atoms. The van der Waals surface area contributed by atoms with E-state index < -0.39 is 0 Å². The smallest absolute Gasteiger partial charge is 0.216 e. The van der Waals surface area contributed by atoms with Gasteiger partial charge >= 0.3 is 0 Å². The second-order valence-corrected chi connectivity index (χ2v) is 2.30. The van der Waals surface area contributed by atoms with Crippen molar-refractivity contribution < 1.29 is 4.79 Å². The Morgan fingerprint density at radius 1 is 1.80 bits per heavy atom. The molecule has 0 heterocycles. The fourth-order valence-electron chi connectivity index (χ4n) is 0.529. The lowest BCUT2D eigenvalue weighted by molar-refractivity contribution is -0.118. The number of carbonyl (C=O) groups is 1. The highest BCUT2D eigenvalue weighted by molar-refractivity contribution is 5.72. The summed E-state index contributed by atoms with van der Waals surface area (Å²) in [4.78, 5) is 10.3. The van der Waals surface area contributed by atoms with Crippen molar-refractivity contribution in [1.82, 2.24) is 5.32 Å². The molecule has 0 saturated heterocycles. The van der Waals surface area contributed by atoms with Gasteiger partial charge in [-0.3, -0.25) is 4.79 Å². The zero-order chi connectivity index (χ0) is 7.98. The van der Waals surface area contributed by atoms with Crippen LogP contribution in [0.1, 0.15) is 20.3 Å². The highest BCUT2D eigenvalue weighted by Gasteiger charge is 1.98. The average molecular weight is 140 g/mol. The highest BCUT2D eigenvalue weighted by Crippen LogP contribution is 1.95. The van der Waals surface area contributed by atoms with Crippen molar-refractivity contribution in [2.75, 3.05) is 6.54 Å². The second-order valence-electron chi connectivity index (χ2n) is 2.30. The number of amides is 1. The van der Waals surface area contributed by atoms with Crippen LogP contribution in [0.25, 0.3) is 0 Å². The first-order chi connectivity index (χ1) is 4.66. The largest absolute Gasteiger partial charge is 0.356 e. The predicted octanol–water partition coefficient (Wildman–Crippen LogP) is 0.672. The Bertz CT molecular complexity index is 148. The fraction of sp³-hybridized carbons (Fsp3) is 0.714. The van der Waals surface area contributed by atoms with Crippen LogP contribution in [-0.4, -0.2) is 12.5 Å². The van der Waals surface area contributed by atoms with Crippen LogP contribution >= 0.6 is 0 Å². The van der Waals surface area contributed by atoms with Crippen LogP contribution in [-0.2, 0) is 4.79 Å². The summed E-state index contributed by atoms with van der Waals surface area (Å²) in [6, 6.07) is 2.09. The van der Waals surface area contributed by atoms with Crippen LogP contribution in [0.4, 0.5) is 0 Å². The van der Waals surface area contributed by atoms with Gasteiger partial charge in [0, 0.05) is 19.4 Å². The minimum atomic E-state index is -0.0369. The first-order valence-electron chi connectivity index (χ1n) is 3.31. The van der Waals surface area contributed by atoms with Crippen molar-refractivity contribution >= 4 is 5.91 Å². The van der Waals surface area contributed by atoms with Gasteiger partial charge in [-0.15, -0.1) is 0 Å². The standard InChI is InChI=1S/C7H12N2O/c1-6(5-8)3-4-9-7(2)10/h6H,3-4H2,1-2H3,(H,9,10). The average Bonchev–Trinajstić information content (AvgIpc) is 1.87. The third kappa shape index (κ3) is 5.10. The summed E-state index contributed by atoms with van der Waals surface area (Å²) in [7, 11) is 0. The second kappa shape index (κ2) is 4.80.